The molecule has 0 atom stereocenters. The molecule has 6 heteroatoms. The molecule has 0 fully saturated rings. The van der Waals surface area contributed by atoms with Crippen LogP contribution in [0.2, 0.25) is 5.02 Å². The summed E-state index contributed by atoms with van der Waals surface area (Å²) in [6, 6.07) is 14.3. The van der Waals surface area contributed by atoms with E-state index in [1.165, 1.54) is 6.07 Å². The Hall–Kier alpha value is -1.02. The molecule has 3 aromatic carbocycles. The summed E-state index contributed by atoms with van der Waals surface area (Å²) in [6.45, 7) is 0. The Morgan fingerprint density at radius 2 is 1.50 bits per heavy atom. The Labute approximate surface area is 133 Å². The van der Waals surface area contributed by atoms with Crippen molar-refractivity contribution in [2.45, 2.75) is 4.90 Å². The molecule has 0 aliphatic heterocycles. The zero-order valence-corrected chi connectivity index (χ0v) is 11.2. The number of hydrogen-bond donors (Lipinski definition) is 1. The molecule has 0 aliphatic rings. The van der Waals surface area contributed by atoms with Crippen LogP contribution in [0, 0.1) is 0 Å². The summed E-state index contributed by atoms with van der Waals surface area (Å²) in [5.41, 5.74) is 0. The molecule has 20 heavy (non-hydrogen) atoms. The van der Waals surface area contributed by atoms with Gasteiger partial charge in [-0.3, -0.25) is 4.55 Å². The molecule has 1 N–H and O–H groups in total. The van der Waals surface area contributed by atoms with E-state index in [0.717, 1.165) is 16.2 Å². The zero-order chi connectivity index (χ0) is 13.6. The fourth-order valence-corrected chi connectivity index (χ4v) is 3.52. The van der Waals surface area contributed by atoms with Crippen LogP contribution >= 0.6 is 11.6 Å². The van der Waals surface area contributed by atoms with E-state index in [1.807, 2.05) is 30.3 Å². The maximum absolute atomic E-state index is 11.5. The van der Waals surface area contributed by atoms with Gasteiger partial charge in [-0.05, 0) is 22.2 Å². The molecule has 0 saturated carbocycles. The Bertz CT molecular complexity index is 907. The molecule has 0 aliphatic carbocycles. The molecular weight excluding hydrogens is 291 g/mol. The van der Waals surface area contributed by atoms with Crippen molar-refractivity contribution in [3.05, 3.63) is 53.6 Å². The van der Waals surface area contributed by atoms with Crippen LogP contribution in [-0.2, 0) is 10.1 Å². The van der Waals surface area contributed by atoms with E-state index in [0.29, 0.717) is 5.39 Å². The molecule has 0 amide bonds. The van der Waals surface area contributed by atoms with Gasteiger partial charge in [0.25, 0.3) is 10.1 Å². The van der Waals surface area contributed by atoms with Crippen molar-refractivity contribution in [3.8, 4) is 0 Å². The second-order valence-electron chi connectivity index (χ2n) is 4.23. The van der Waals surface area contributed by atoms with Crippen LogP contribution in [0.25, 0.3) is 21.5 Å². The van der Waals surface area contributed by atoms with E-state index in [1.54, 1.807) is 12.1 Å². The van der Waals surface area contributed by atoms with Crippen LogP contribution < -0.4 is 0 Å². The first-order valence-electron chi connectivity index (χ1n) is 5.56. The molecule has 0 radical (unpaired) electrons. The van der Waals surface area contributed by atoms with E-state index >= 15 is 0 Å². The van der Waals surface area contributed by atoms with Gasteiger partial charge in [0.1, 0.15) is 4.90 Å². The summed E-state index contributed by atoms with van der Waals surface area (Å²) in [5, 5.41) is 3.11. The van der Waals surface area contributed by atoms with E-state index in [-0.39, 0.29) is 28.8 Å². The van der Waals surface area contributed by atoms with Crippen molar-refractivity contribution in [1.29, 1.82) is 0 Å². The summed E-state index contributed by atoms with van der Waals surface area (Å²) in [4.78, 5) is -0.239. The van der Waals surface area contributed by atoms with Crippen molar-refractivity contribution in [1.82, 2.24) is 0 Å². The Morgan fingerprint density at radius 3 is 2.20 bits per heavy atom. The third kappa shape index (κ3) is 2.46. The zero-order valence-electron chi connectivity index (χ0n) is 9.67. The molecule has 0 spiro atoms. The standard InChI is InChI=1S/C14H9ClO3S.Li.H/c15-13-8-7-11-10-4-2-1-3-9(10)5-6-12(11)14(13)19(16,17)18;;/h1-8H,(H,16,17,18);;. The molecule has 0 saturated heterocycles. The molecule has 0 heterocycles. The van der Waals surface area contributed by atoms with Crippen molar-refractivity contribution in [3.63, 3.8) is 0 Å². The first-order chi connectivity index (χ1) is 8.98. The number of fused-ring (bicyclic) bond motifs is 3. The first kappa shape index (κ1) is 15.4. The maximum atomic E-state index is 11.5. The van der Waals surface area contributed by atoms with Crippen LogP contribution in [0.4, 0.5) is 0 Å². The summed E-state index contributed by atoms with van der Waals surface area (Å²) in [6.07, 6.45) is 0. The summed E-state index contributed by atoms with van der Waals surface area (Å²) >= 11 is 5.90. The number of rotatable bonds is 1. The topological polar surface area (TPSA) is 54.4 Å². The first-order valence-corrected chi connectivity index (χ1v) is 7.38. The Balaban J connectivity index is 0.00000147. The van der Waals surface area contributed by atoms with Gasteiger partial charge in [0, 0.05) is 5.39 Å². The third-order valence-corrected chi connectivity index (χ3v) is 4.47. The van der Waals surface area contributed by atoms with Gasteiger partial charge in [0.2, 0.25) is 0 Å². The van der Waals surface area contributed by atoms with E-state index in [9.17, 15) is 13.0 Å². The van der Waals surface area contributed by atoms with Crippen LogP contribution in [0.5, 0.6) is 0 Å². The molecular formula is C14H10ClLiO3S. The van der Waals surface area contributed by atoms with Gasteiger partial charge in [0.05, 0.1) is 5.02 Å². The number of halogens is 1. The van der Waals surface area contributed by atoms with Crippen LogP contribution in [0.15, 0.2) is 53.4 Å². The van der Waals surface area contributed by atoms with Gasteiger partial charge in [-0.25, -0.2) is 0 Å². The quantitative estimate of drug-likeness (QED) is 0.426. The summed E-state index contributed by atoms with van der Waals surface area (Å²) in [5.74, 6) is 0. The number of benzene rings is 3. The van der Waals surface area contributed by atoms with Crippen molar-refractivity contribution in [2.75, 3.05) is 0 Å². The molecule has 98 valence electrons. The van der Waals surface area contributed by atoms with Gasteiger partial charge >= 0.3 is 18.9 Å². The fraction of sp³-hybridized carbons (Fsp3) is 0. The van der Waals surface area contributed by atoms with Crippen LogP contribution in [-0.4, -0.2) is 31.8 Å². The second-order valence-corrected chi connectivity index (χ2v) is 6.00. The van der Waals surface area contributed by atoms with Gasteiger partial charge in [-0.1, -0.05) is 54.1 Å². The molecule has 3 nitrogen and oxygen atoms in total. The molecule has 3 aromatic rings. The van der Waals surface area contributed by atoms with E-state index in [4.69, 9.17) is 11.6 Å². The predicted octanol–water partition coefficient (Wildman–Crippen LogP) is 3.24. The van der Waals surface area contributed by atoms with Crippen LogP contribution in [0.1, 0.15) is 0 Å². The number of hydrogen-bond acceptors (Lipinski definition) is 2. The SMILES string of the molecule is O=S(=O)(O)c1c(Cl)ccc2c1ccc1ccccc12.[LiH]. The molecule has 0 aromatic heterocycles. The van der Waals surface area contributed by atoms with Crippen molar-refractivity contribution < 1.29 is 13.0 Å². The van der Waals surface area contributed by atoms with Crippen molar-refractivity contribution in [2.24, 2.45) is 0 Å². The summed E-state index contributed by atoms with van der Waals surface area (Å²) < 4.78 is 32.3. The van der Waals surface area contributed by atoms with Gasteiger partial charge in [-0.2, -0.15) is 8.42 Å². The molecule has 0 unspecified atom stereocenters. The Morgan fingerprint density at radius 1 is 0.850 bits per heavy atom. The Kier molecular flexibility index (Phi) is 4.15. The average molecular weight is 301 g/mol. The normalized spacial score (nSPS) is 11.5. The molecule has 0 bridgehead atoms. The third-order valence-electron chi connectivity index (χ3n) is 3.09. The van der Waals surface area contributed by atoms with E-state index in [2.05, 4.69) is 0 Å². The minimum absolute atomic E-state index is 0. The summed E-state index contributed by atoms with van der Waals surface area (Å²) in [7, 11) is -4.36. The molecule has 3 rings (SSSR count). The van der Waals surface area contributed by atoms with Crippen molar-refractivity contribution >= 4 is 62.1 Å². The monoisotopic (exact) mass is 300 g/mol. The average Bonchev–Trinajstić information content (AvgIpc) is 2.36. The van der Waals surface area contributed by atoms with Gasteiger partial charge < -0.3 is 0 Å². The van der Waals surface area contributed by atoms with Crippen LogP contribution in [0.3, 0.4) is 0 Å². The second kappa shape index (κ2) is 5.40. The van der Waals surface area contributed by atoms with E-state index < -0.39 is 10.1 Å². The predicted molar refractivity (Wildman–Crippen MR) is 83.4 cm³/mol. The minimum atomic E-state index is -4.36. The van der Waals surface area contributed by atoms with Gasteiger partial charge in [0.15, 0.2) is 0 Å². The fourth-order valence-electron chi connectivity index (χ4n) is 2.30. The van der Waals surface area contributed by atoms with Gasteiger partial charge in [-0.15, -0.1) is 0 Å².